The van der Waals surface area contributed by atoms with E-state index in [9.17, 15) is 4.79 Å². The molecule has 126 valence electrons. The largest absolute Gasteiger partial charge is 0.496 e. The molecule has 24 heavy (non-hydrogen) atoms. The molecule has 1 aromatic heterocycles. The van der Waals surface area contributed by atoms with Gasteiger partial charge in [0.15, 0.2) is 0 Å². The average molecular weight is 454 g/mol. The fourth-order valence-electron chi connectivity index (χ4n) is 3.49. The van der Waals surface area contributed by atoms with Gasteiger partial charge in [-0.05, 0) is 71.0 Å². The zero-order valence-corrected chi connectivity index (χ0v) is 16.6. The van der Waals surface area contributed by atoms with Gasteiger partial charge in [0.2, 0.25) is 0 Å². The standard InChI is InChI=1S/C18H19IN2O2S/c1-9-3-5-11-14(7-9)24-18-15(11)17(22)20-16(21-18)10-4-6-13(23-2)12(19)8-10/h4,6,8-9,16,21H,3,5,7H2,1-2H3,(H,20,22)/t9-,16+/m0/s1. The molecule has 0 saturated heterocycles. The maximum Gasteiger partial charge on any atom is 0.256 e. The molecule has 2 atom stereocenters. The summed E-state index contributed by atoms with van der Waals surface area (Å²) in [5.41, 5.74) is 3.18. The fraction of sp³-hybridized carbons (Fsp3) is 0.389. The fourth-order valence-corrected chi connectivity index (χ4v) is 5.69. The molecule has 1 aromatic carbocycles. The van der Waals surface area contributed by atoms with E-state index in [4.69, 9.17) is 4.74 Å². The van der Waals surface area contributed by atoms with Crippen molar-refractivity contribution >= 4 is 44.8 Å². The lowest BCUT2D eigenvalue weighted by Crippen LogP contribution is -2.38. The number of anilines is 1. The number of rotatable bonds is 2. The van der Waals surface area contributed by atoms with E-state index in [2.05, 4.69) is 46.2 Å². The van der Waals surface area contributed by atoms with Gasteiger partial charge in [-0.1, -0.05) is 13.0 Å². The van der Waals surface area contributed by atoms with Gasteiger partial charge in [-0.25, -0.2) is 0 Å². The second kappa shape index (κ2) is 6.22. The molecule has 1 aliphatic heterocycles. The SMILES string of the molecule is COc1ccc([C@@H]2NC(=O)c3c(sc4c3CC[C@H](C)C4)N2)cc1I. The van der Waals surface area contributed by atoms with Gasteiger partial charge >= 0.3 is 0 Å². The van der Waals surface area contributed by atoms with Gasteiger partial charge in [0.1, 0.15) is 16.9 Å². The van der Waals surface area contributed by atoms with Crippen molar-refractivity contribution in [2.75, 3.05) is 12.4 Å². The predicted octanol–water partition coefficient (Wildman–Crippen LogP) is 4.34. The van der Waals surface area contributed by atoms with Crippen LogP contribution in [-0.4, -0.2) is 13.0 Å². The van der Waals surface area contributed by atoms with Crippen molar-refractivity contribution in [1.82, 2.24) is 5.32 Å². The number of ether oxygens (including phenoxy) is 1. The summed E-state index contributed by atoms with van der Waals surface area (Å²) in [7, 11) is 1.67. The first-order valence-corrected chi connectivity index (χ1v) is 10.0. The summed E-state index contributed by atoms with van der Waals surface area (Å²) in [6, 6.07) is 6.00. The van der Waals surface area contributed by atoms with Crippen LogP contribution >= 0.6 is 33.9 Å². The van der Waals surface area contributed by atoms with Gasteiger partial charge in [0, 0.05) is 4.88 Å². The lowest BCUT2D eigenvalue weighted by atomic mass is 9.88. The van der Waals surface area contributed by atoms with E-state index in [1.54, 1.807) is 18.4 Å². The topological polar surface area (TPSA) is 50.4 Å². The van der Waals surface area contributed by atoms with Crippen LogP contribution in [0, 0.1) is 9.49 Å². The number of hydrogen-bond donors (Lipinski definition) is 2. The molecule has 0 saturated carbocycles. The Hall–Kier alpha value is -1.28. The minimum atomic E-state index is -0.193. The Morgan fingerprint density at radius 3 is 2.92 bits per heavy atom. The molecule has 1 amide bonds. The number of methoxy groups -OCH3 is 1. The summed E-state index contributed by atoms with van der Waals surface area (Å²) in [6.45, 7) is 2.29. The third-order valence-corrected chi connectivity index (χ3v) is 6.83. The molecule has 4 rings (SSSR count). The number of carbonyl (C=O) groups is 1. The third-order valence-electron chi connectivity index (χ3n) is 4.80. The van der Waals surface area contributed by atoms with Crippen molar-refractivity contribution in [2.45, 2.75) is 32.4 Å². The van der Waals surface area contributed by atoms with Gasteiger partial charge in [-0.2, -0.15) is 0 Å². The van der Waals surface area contributed by atoms with Crippen molar-refractivity contribution in [1.29, 1.82) is 0 Å². The Balaban J connectivity index is 1.67. The highest BCUT2D eigenvalue weighted by molar-refractivity contribution is 14.1. The van der Waals surface area contributed by atoms with Gasteiger partial charge in [-0.3, -0.25) is 4.79 Å². The Morgan fingerprint density at radius 1 is 1.33 bits per heavy atom. The smallest absolute Gasteiger partial charge is 0.256 e. The summed E-state index contributed by atoms with van der Waals surface area (Å²) in [4.78, 5) is 14.1. The van der Waals surface area contributed by atoms with E-state index in [0.29, 0.717) is 5.92 Å². The van der Waals surface area contributed by atoms with Crippen LogP contribution in [-0.2, 0) is 12.8 Å². The van der Waals surface area contributed by atoms with Crippen molar-refractivity contribution in [3.8, 4) is 5.75 Å². The Kier molecular flexibility index (Phi) is 4.20. The van der Waals surface area contributed by atoms with E-state index in [0.717, 1.165) is 38.3 Å². The average Bonchev–Trinajstić information content (AvgIpc) is 2.92. The van der Waals surface area contributed by atoms with E-state index in [1.807, 2.05) is 12.1 Å². The molecule has 2 aliphatic rings. The minimum absolute atomic E-state index is 0.0478. The molecule has 0 radical (unpaired) electrons. The van der Waals surface area contributed by atoms with Crippen molar-refractivity contribution in [3.63, 3.8) is 0 Å². The summed E-state index contributed by atoms with van der Waals surface area (Å²) in [5, 5.41) is 7.66. The highest BCUT2D eigenvalue weighted by Gasteiger charge is 2.33. The number of hydrogen-bond acceptors (Lipinski definition) is 4. The molecule has 1 aliphatic carbocycles. The number of benzene rings is 1. The van der Waals surface area contributed by atoms with Crippen LogP contribution in [0.15, 0.2) is 18.2 Å². The molecule has 0 unspecified atom stereocenters. The highest BCUT2D eigenvalue weighted by atomic mass is 127. The second-order valence-electron chi connectivity index (χ2n) is 6.50. The van der Waals surface area contributed by atoms with E-state index < -0.39 is 0 Å². The molecular weight excluding hydrogens is 435 g/mol. The molecular formula is C18H19IN2O2S. The summed E-state index contributed by atoms with van der Waals surface area (Å²) in [6.07, 6.45) is 3.08. The quantitative estimate of drug-likeness (QED) is 0.664. The lowest BCUT2D eigenvalue weighted by molar-refractivity contribution is 0.0935. The van der Waals surface area contributed by atoms with Crippen molar-refractivity contribution in [2.24, 2.45) is 5.92 Å². The molecule has 4 nitrogen and oxygen atoms in total. The molecule has 0 fully saturated rings. The van der Waals surface area contributed by atoms with Crippen LogP contribution in [0.3, 0.4) is 0 Å². The molecule has 6 heteroatoms. The molecule has 2 N–H and O–H groups in total. The van der Waals surface area contributed by atoms with Crippen LogP contribution in [0.4, 0.5) is 5.00 Å². The number of carbonyl (C=O) groups excluding carboxylic acids is 1. The maximum absolute atomic E-state index is 12.7. The number of thiophene rings is 1. The maximum atomic E-state index is 12.7. The zero-order valence-electron chi connectivity index (χ0n) is 13.6. The van der Waals surface area contributed by atoms with Gasteiger partial charge in [-0.15, -0.1) is 11.3 Å². The number of amides is 1. The Labute approximate surface area is 159 Å². The zero-order chi connectivity index (χ0) is 16.8. The number of nitrogens with one attached hydrogen (secondary N) is 2. The molecule has 0 spiro atoms. The normalized spacial score (nSPS) is 22.2. The number of fused-ring (bicyclic) bond motifs is 3. The Bertz CT molecular complexity index is 818. The molecule has 0 bridgehead atoms. The highest BCUT2D eigenvalue weighted by Crippen LogP contribution is 2.42. The van der Waals surface area contributed by atoms with E-state index in [-0.39, 0.29) is 12.1 Å². The van der Waals surface area contributed by atoms with Crippen molar-refractivity contribution < 1.29 is 9.53 Å². The first-order chi connectivity index (χ1) is 11.6. The van der Waals surface area contributed by atoms with Crippen molar-refractivity contribution in [3.05, 3.63) is 43.3 Å². The van der Waals surface area contributed by atoms with Crippen LogP contribution in [0.25, 0.3) is 0 Å². The summed E-state index contributed by atoms with van der Waals surface area (Å²) >= 11 is 4.01. The number of halogens is 1. The van der Waals surface area contributed by atoms with Crippen LogP contribution in [0.5, 0.6) is 5.75 Å². The summed E-state index contributed by atoms with van der Waals surface area (Å²) < 4.78 is 6.35. The van der Waals surface area contributed by atoms with Gasteiger partial charge in [0.05, 0.1) is 16.2 Å². The third kappa shape index (κ3) is 2.69. The lowest BCUT2D eigenvalue weighted by Gasteiger charge is -2.27. The summed E-state index contributed by atoms with van der Waals surface area (Å²) in [5.74, 6) is 1.61. The van der Waals surface area contributed by atoms with Crippen LogP contribution in [0.2, 0.25) is 0 Å². The minimum Gasteiger partial charge on any atom is -0.496 e. The Morgan fingerprint density at radius 2 is 2.17 bits per heavy atom. The van der Waals surface area contributed by atoms with Crippen LogP contribution < -0.4 is 15.4 Å². The predicted molar refractivity (Wildman–Crippen MR) is 105 cm³/mol. The van der Waals surface area contributed by atoms with Crippen LogP contribution in [0.1, 0.15) is 45.9 Å². The second-order valence-corrected chi connectivity index (χ2v) is 8.77. The first-order valence-electron chi connectivity index (χ1n) is 8.12. The van der Waals surface area contributed by atoms with E-state index in [1.165, 1.54) is 16.9 Å². The molecule has 2 heterocycles. The van der Waals surface area contributed by atoms with Gasteiger partial charge < -0.3 is 15.4 Å². The van der Waals surface area contributed by atoms with E-state index >= 15 is 0 Å². The first kappa shape index (κ1) is 16.2. The monoisotopic (exact) mass is 454 g/mol. The molecule has 2 aromatic rings. The van der Waals surface area contributed by atoms with Gasteiger partial charge in [0.25, 0.3) is 5.91 Å².